The largest absolute Gasteiger partial charge is 0.349 e. The highest BCUT2D eigenvalue weighted by Crippen LogP contribution is 2.11. The van der Waals surface area contributed by atoms with Crippen molar-refractivity contribution in [2.75, 3.05) is 19.4 Å². The van der Waals surface area contributed by atoms with Gasteiger partial charge in [-0.1, -0.05) is 24.3 Å². The second kappa shape index (κ2) is 9.51. The third-order valence-electron chi connectivity index (χ3n) is 4.40. The number of amides is 3. The Balaban J connectivity index is 1.52. The number of hydrogen-bond donors (Lipinski definition) is 2. The first kappa shape index (κ1) is 20.8. The predicted octanol–water partition coefficient (Wildman–Crippen LogP) is 1.76. The van der Waals surface area contributed by atoms with Gasteiger partial charge in [0.25, 0.3) is 0 Å². The van der Waals surface area contributed by atoms with Crippen LogP contribution in [0.1, 0.15) is 11.1 Å². The molecule has 0 aliphatic heterocycles. The lowest BCUT2D eigenvalue weighted by Gasteiger charge is -2.11. The fourth-order valence-electron chi connectivity index (χ4n) is 2.72. The highest BCUT2D eigenvalue weighted by atomic mass is 16.2. The summed E-state index contributed by atoms with van der Waals surface area (Å²) in [6.45, 7) is 0.215. The van der Waals surface area contributed by atoms with Gasteiger partial charge < -0.3 is 15.5 Å². The van der Waals surface area contributed by atoms with E-state index < -0.39 is 11.8 Å². The van der Waals surface area contributed by atoms with Gasteiger partial charge in [-0.25, -0.2) is 4.68 Å². The first-order valence-corrected chi connectivity index (χ1v) is 9.39. The monoisotopic (exact) mass is 405 g/mol. The number of nitrogens with zero attached hydrogens (tertiary/aromatic N) is 3. The summed E-state index contributed by atoms with van der Waals surface area (Å²) in [7, 11) is 3.40. The van der Waals surface area contributed by atoms with Crippen molar-refractivity contribution in [2.24, 2.45) is 0 Å². The zero-order chi connectivity index (χ0) is 21.5. The van der Waals surface area contributed by atoms with Crippen molar-refractivity contribution in [3.05, 3.63) is 78.1 Å². The molecule has 0 aliphatic carbocycles. The molecule has 0 fully saturated rings. The lowest BCUT2D eigenvalue weighted by molar-refractivity contribution is -0.136. The molecule has 30 heavy (non-hydrogen) atoms. The van der Waals surface area contributed by atoms with Gasteiger partial charge in [0.1, 0.15) is 0 Å². The van der Waals surface area contributed by atoms with Gasteiger partial charge in [-0.2, -0.15) is 5.10 Å². The molecular weight excluding hydrogens is 382 g/mol. The third-order valence-corrected chi connectivity index (χ3v) is 4.40. The Hall–Kier alpha value is -3.94. The van der Waals surface area contributed by atoms with E-state index in [4.69, 9.17) is 0 Å². The molecule has 0 atom stereocenters. The Morgan fingerprint density at radius 3 is 2.40 bits per heavy atom. The smallest absolute Gasteiger partial charge is 0.313 e. The van der Waals surface area contributed by atoms with Crippen LogP contribution in [0.25, 0.3) is 5.69 Å². The molecule has 0 saturated carbocycles. The van der Waals surface area contributed by atoms with Crippen molar-refractivity contribution >= 4 is 23.4 Å². The molecular formula is C22H23N5O3. The van der Waals surface area contributed by atoms with Crippen LogP contribution in [0.3, 0.4) is 0 Å². The normalized spacial score (nSPS) is 10.3. The first-order valence-electron chi connectivity index (χ1n) is 9.39. The van der Waals surface area contributed by atoms with Crippen LogP contribution < -0.4 is 10.6 Å². The average Bonchev–Trinajstić information content (AvgIpc) is 3.28. The molecule has 3 amide bonds. The Kier molecular flexibility index (Phi) is 6.59. The number of nitrogens with one attached hydrogen (secondary N) is 2. The molecule has 0 aliphatic rings. The Bertz CT molecular complexity index is 1030. The zero-order valence-electron chi connectivity index (χ0n) is 16.8. The minimum absolute atomic E-state index is 0.0113. The van der Waals surface area contributed by atoms with E-state index in [1.165, 1.54) is 4.90 Å². The molecule has 0 saturated heterocycles. The molecule has 1 aromatic heterocycles. The minimum Gasteiger partial charge on any atom is -0.349 e. The lowest BCUT2D eigenvalue weighted by Crippen LogP contribution is -2.35. The second-order valence-electron chi connectivity index (χ2n) is 6.92. The fraction of sp³-hybridized carbons (Fsp3) is 0.182. The van der Waals surface area contributed by atoms with E-state index in [9.17, 15) is 14.4 Å². The van der Waals surface area contributed by atoms with Gasteiger partial charge in [0.2, 0.25) is 5.91 Å². The summed E-state index contributed by atoms with van der Waals surface area (Å²) in [5.41, 5.74) is 3.02. The van der Waals surface area contributed by atoms with Crippen molar-refractivity contribution < 1.29 is 14.4 Å². The Morgan fingerprint density at radius 1 is 0.967 bits per heavy atom. The molecule has 1 heterocycles. The van der Waals surface area contributed by atoms with E-state index in [1.54, 1.807) is 49.2 Å². The summed E-state index contributed by atoms with van der Waals surface area (Å²) in [5.74, 6) is -1.50. The molecule has 0 bridgehead atoms. The van der Waals surface area contributed by atoms with Crippen molar-refractivity contribution in [3.8, 4) is 5.69 Å². The number of likely N-dealkylation sites (N-methyl/N-ethyl adjacent to an activating group) is 1. The van der Waals surface area contributed by atoms with E-state index in [1.807, 2.05) is 36.5 Å². The summed E-state index contributed by atoms with van der Waals surface area (Å²) in [5, 5.41) is 9.34. The van der Waals surface area contributed by atoms with Crippen LogP contribution in [0.2, 0.25) is 0 Å². The van der Waals surface area contributed by atoms with Crippen molar-refractivity contribution in [3.63, 3.8) is 0 Å². The lowest BCUT2D eigenvalue weighted by atomic mass is 10.1. The number of rotatable bonds is 6. The number of hydrogen-bond acceptors (Lipinski definition) is 4. The van der Waals surface area contributed by atoms with Crippen LogP contribution in [0.4, 0.5) is 5.69 Å². The number of carbonyl (C=O) groups is 3. The zero-order valence-corrected chi connectivity index (χ0v) is 16.8. The van der Waals surface area contributed by atoms with Gasteiger partial charge in [-0.15, -0.1) is 0 Å². The van der Waals surface area contributed by atoms with Gasteiger partial charge in [0.15, 0.2) is 0 Å². The van der Waals surface area contributed by atoms with Gasteiger partial charge in [-0.3, -0.25) is 14.4 Å². The topological polar surface area (TPSA) is 96.3 Å². The second-order valence-corrected chi connectivity index (χ2v) is 6.92. The predicted molar refractivity (Wildman–Crippen MR) is 113 cm³/mol. The summed E-state index contributed by atoms with van der Waals surface area (Å²) < 4.78 is 1.72. The highest BCUT2D eigenvalue weighted by Gasteiger charge is 2.14. The summed E-state index contributed by atoms with van der Waals surface area (Å²) in [4.78, 5) is 37.5. The summed E-state index contributed by atoms with van der Waals surface area (Å²) >= 11 is 0. The number of carbonyl (C=O) groups excluding carboxylic acids is 3. The van der Waals surface area contributed by atoms with E-state index in [2.05, 4.69) is 15.7 Å². The van der Waals surface area contributed by atoms with E-state index in [-0.39, 0.29) is 18.9 Å². The molecule has 154 valence electrons. The van der Waals surface area contributed by atoms with Crippen molar-refractivity contribution in [2.45, 2.75) is 13.0 Å². The quantitative estimate of drug-likeness (QED) is 0.611. The molecule has 0 unspecified atom stereocenters. The third kappa shape index (κ3) is 5.54. The van der Waals surface area contributed by atoms with Crippen LogP contribution in [0.15, 0.2) is 67.0 Å². The van der Waals surface area contributed by atoms with Crippen LogP contribution in [-0.4, -0.2) is 46.5 Å². The molecule has 3 aromatic rings. The molecule has 2 N–H and O–H groups in total. The number of benzene rings is 2. The molecule has 0 radical (unpaired) electrons. The maximum atomic E-state index is 12.1. The maximum Gasteiger partial charge on any atom is 0.313 e. The van der Waals surface area contributed by atoms with Crippen LogP contribution in [-0.2, 0) is 27.3 Å². The summed E-state index contributed by atoms with van der Waals surface area (Å²) in [6, 6.07) is 16.2. The number of anilines is 1. The molecule has 0 spiro atoms. The highest BCUT2D eigenvalue weighted by molar-refractivity contribution is 6.39. The standard InChI is InChI=1S/C22H23N5O3/c1-26(2)20(28)14-16-7-9-18(10-8-16)25-22(30)21(29)23-15-17-5-3-6-19(13-17)27-12-4-11-24-27/h3-13H,14-15H2,1-2H3,(H,23,29)(H,25,30). The minimum atomic E-state index is -0.754. The number of aromatic nitrogens is 2. The van der Waals surface area contributed by atoms with Crippen LogP contribution in [0, 0.1) is 0 Å². The first-order chi connectivity index (χ1) is 14.4. The van der Waals surface area contributed by atoms with E-state index in [0.717, 1.165) is 16.8 Å². The van der Waals surface area contributed by atoms with E-state index in [0.29, 0.717) is 5.69 Å². The van der Waals surface area contributed by atoms with Gasteiger partial charge >= 0.3 is 11.8 Å². The molecule has 8 heteroatoms. The summed E-state index contributed by atoms with van der Waals surface area (Å²) in [6.07, 6.45) is 3.79. The average molecular weight is 405 g/mol. The molecule has 2 aromatic carbocycles. The van der Waals surface area contributed by atoms with Crippen LogP contribution in [0.5, 0.6) is 0 Å². The van der Waals surface area contributed by atoms with Crippen molar-refractivity contribution in [1.82, 2.24) is 20.0 Å². The maximum absolute atomic E-state index is 12.1. The van der Waals surface area contributed by atoms with E-state index >= 15 is 0 Å². The molecule has 8 nitrogen and oxygen atoms in total. The van der Waals surface area contributed by atoms with Crippen molar-refractivity contribution in [1.29, 1.82) is 0 Å². The molecule has 3 rings (SSSR count). The Morgan fingerprint density at radius 2 is 1.73 bits per heavy atom. The fourth-order valence-corrected chi connectivity index (χ4v) is 2.72. The Labute approximate surface area is 174 Å². The van der Waals surface area contributed by atoms with Crippen LogP contribution >= 0.6 is 0 Å². The van der Waals surface area contributed by atoms with Gasteiger partial charge in [-0.05, 0) is 41.5 Å². The van der Waals surface area contributed by atoms with Gasteiger partial charge in [0.05, 0.1) is 12.1 Å². The van der Waals surface area contributed by atoms with Gasteiger partial charge in [0, 0.05) is 38.7 Å². The SMILES string of the molecule is CN(C)C(=O)Cc1ccc(NC(=O)C(=O)NCc2cccc(-n3cccn3)c2)cc1.